The van der Waals surface area contributed by atoms with Crippen LogP contribution in [-0.2, 0) is 11.4 Å². The highest BCUT2D eigenvalue weighted by Crippen LogP contribution is 2.18. The number of aliphatic hydroxyl groups is 1. The third-order valence-corrected chi connectivity index (χ3v) is 1.83. The molecule has 0 saturated carbocycles. The van der Waals surface area contributed by atoms with E-state index in [2.05, 4.69) is 0 Å². The highest BCUT2D eigenvalue weighted by atomic mass is 16.5. The van der Waals surface area contributed by atoms with Crippen molar-refractivity contribution in [1.82, 2.24) is 0 Å². The lowest BCUT2D eigenvalue weighted by Gasteiger charge is -2.04. The monoisotopic (exact) mass is 208 g/mol. The molecule has 15 heavy (non-hydrogen) atoms. The molecule has 0 atom stereocenters. The molecule has 0 fully saturated rings. The van der Waals surface area contributed by atoms with E-state index in [9.17, 15) is 4.79 Å². The Morgan fingerprint density at radius 1 is 1.47 bits per heavy atom. The second kappa shape index (κ2) is 5.17. The lowest BCUT2D eigenvalue weighted by Crippen LogP contribution is -1.90. The lowest BCUT2D eigenvalue weighted by atomic mass is 10.1. The molecule has 0 aliphatic heterocycles. The van der Waals surface area contributed by atoms with Gasteiger partial charge in [0.05, 0.1) is 13.7 Å². The Bertz CT molecular complexity index is 360. The molecule has 4 nitrogen and oxygen atoms in total. The van der Waals surface area contributed by atoms with Gasteiger partial charge in [0.1, 0.15) is 5.75 Å². The van der Waals surface area contributed by atoms with Gasteiger partial charge in [-0.15, -0.1) is 0 Å². The molecule has 0 radical (unpaired) electrons. The van der Waals surface area contributed by atoms with Gasteiger partial charge in [0.2, 0.25) is 0 Å². The summed E-state index contributed by atoms with van der Waals surface area (Å²) < 4.78 is 5.01. The third-order valence-electron chi connectivity index (χ3n) is 1.83. The van der Waals surface area contributed by atoms with E-state index in [1.54, 1.807) is 18.2 Å². The second-order valence-electron chi connectivity index (χ2n) is 2.94. The fraction of sp³-hybridized carbons (Fsp3) is 0.182. The first-order chi connectivity index (χ1) is 7.15. The first-order valence-corrected chi connectivity index (χ1v) is 4.35. The van der Waals surface area contributed by atoms with Crippen LogP contribution in [0.4, 0.5) is 0 Å². The SMILES string of the molecule is COc1cc(/C=C/C(=O)O)cc(CO)c1. The predicted octanol–water partition coefficient (Wildman–Crippen LogP) is 1.29. The van der Waals surface area contributed by atoms with E-state index >= 15 is 0 Å². The van der Waals surface area contributed by atoms with Crippen LogP contribution in [-0.4, -0.2) is 23.3 Å². The van der Waals surface area contributed by atoms with Gasteiger partial charge in [-0.1, -0.05) is 0 Å². The van der Waals surface area contributed by atoms with E-state index < -0.39 is 5.97 Å². The molecule has 0 aromatic heterocycles. The van der Waals surface area contributed by atoms with Gasteiger partial charge in [-0.3, -0.25) is 0 Å². The van der Waals surface area contributed by atoms with Gasteiger partial charge >= 0.3 is 5.97 Å². The summed E-state index contributed by atoms with van der Waals surface area (Å²) >= 11 is 0. The zero-order valence-corrected chi connectivity index (χ0v) is 8.30. The number of benzene rings is 1. The summed E-state index contributed by atoms with van der Waals surface area (Å²) in [4.78, 5) is 10.3. The summed E-state index contributed by atoms with van der Waals surface area (Å²) in [7, 11) is 1.52. The van der Waals surface area contributed by atoms with Gasteiger partial charge in [-0.05, 0) is 35.4 Å². The molecule has 0 aliphatic carbocycles. The van der Waals surface area contributed by atoms with Gasteiger partial charge in [0.15, 0.2) is 0 Å². The Morgan fingerprint density at radius 3 is 2.73 bits per heavy atom. The predicted molar refractivity (Wildman–Crippen MR) is 55.6 cm³/mol. The van der Waals surface area contributed by atoms with E-state index in [0.29, 0.717) is 16.9 Å². The summed E-state index contributed by atoms with van der Waals surface area (Å²) in [6, 6.07) is 5.08. The van der Waals surface area contributed by atoms with E-state index in [4.69, 9.17) is 14.9 Å². The number of hydrogen-bond acceptors (Lipinski definition) is 3. The number of methoxy groups -OCH3 is 1. The van der Waals surface area contributed by atoms with Gasteiger partial charge in [0, 0.05) is 6.08 Å². The van der Waals surface area contributed by atoms with Crippen LogP contribution in [0, 0.1) is 0 Å². The highest BCUT2D eigenvalue weighted by molar-refractivity contribution is 5.85. The fourth-order valence-electron chi connectivity index (χ4n) is 1.16. The lowest BCUT2D eigenvalue weighted by molar-refractivity contribution is -0.131. The maximum Gasteiger partial charge on any atom is 0.328 e. The number of carboxylic acid groups (broad SMARTS) is 1. The molecule has 0 amide bonds. The summed E-state index contributed by atoms with van der Waals surface area (Å²) in [5, 5.41) is 17.4. The van der Waals surface area contributed by atoms with Gasteiger partial charge in [-0.25, -0.2) is 4.79 Å². The van der Waals surface area contributed by atoms with Gasteiger partial charge in [-0.2, -0.15) is 0 Å². The van der Waals surface area contributed by atoms with E-state index in [1.807, 2.05) is 0 Å². The first kappa shape index (κ1) is 11.3. The molecule has 1 aromatic rings. The minimum atomic E-state index is -1.01. The van der Waals surface area contributed by atoms with Crippen LogP contribution >= 0.6 is 0 Å². The summed E-state index contributed by atoms with van der Waals surface area (Å²) in [5.41, 5.74) is 1.36. The van der Waals surface area contributed by atoms with Crippen LogP contribution in [0.3, 0.4) is 0 Å². The van der Waals surface area contributed by atoms with E-state index in [0.717, 1.165) is 6.08 Å². The molecule has 0 spiro atoms. The van der Waals surface area contributed by atoms with E-state index in [1.165, 1.54) is 13.2 Å². The molecule has 0 bridgehead atoms. The van der Waals surface area contributed by atoms with Crippen LogP contribution in [0.1, 0.15) is 11.1 Å². The van der Waals surface area contributed by atoms with Gasteiger partial charge in [0.25, 0.3) is 0 Å². The van der Waals surface area contributed by atoms with Crippen molar-refractivity contribution in [1.29, 1.82) is 0 Å². The molecule has 80 valence electrons. The molecule has 0 unspecified atom stereocenters. The molecular weight excluding hydrogens is 196 g/mol. The van der Waals surface area contributed by atoms with Crippen LogP contribution in [0.15, 0.2) is 24.3 Å². The molecule has 0 heterocycles. The Kier molecular flexibility index (Phi) is 3.88. The third kappa shape index (κ3) is 3.44. The number of aliphatic hydroxyl groups excluding tert-OH is 1. The van der Waals surface area contributed by atoms with Gasteiger partial charge < -0.3 is 14.9 Å². The van der Waals surface area contributed by atoms with Crippen molar-refractivity contribution in [2.75, 3.05) is 7.11 Å². The Hall–Kier alpha value is -1.81. The number of rotatable bonds is 4. The van der Waals surface area contributed by atoms with Crippen molar-refractivity contribution in [2.45, 2.75) is 6.61 Å². The number of ether oxygens (including phenoxy) is 1. The average molecular weight is 208 g/mol. The molecular formula is C11H12O4. The maximum atomic E-state index is 10.3. The second-order valence-corrected chi connectivity index (χ2v) is 2.94. The zero-order valence-electron chi connectivity index (χ0n) is 8.30. The normalized spacial score (nSPS) is 10.5. The zero-order chi connectivity index (χ0) is 11.3. The van der Waals surface area contributed by atoms with Crippen LogP contribution in [0.25, 0.3) is 6.08 Å². The standard InChI is InChI=1S/C11H12O4/c1-15-10-5-8(2-3-11(13)14)4-9(6-10)7-12/h2-6,12H,7H2,1H3,(H,13,14)/b3-2+. The number of hydrogen-bond donors (Lipinski definition) is 2. The largest absolute Gasteiger partial charge is 0.497 e. The van der Waals surface area contributed by atoms with Crippen LogP contribution in [0.5, 0.6) is 5.75 Å². The molecule has 1 aromatic carbocycles. The quantitative estimate of drug-likeness (QED) is 0.731. The van der Waals surface area contributed by atoms with E-state index in [-0.39, 0.29) is 6.61 Å². The number of carboxylic acids is 1. The molecule has 0 aliphatic rings. The number of aliphatic carboxylic acids is 1. The van der Waals surface area contributed by atoms with Crippen molar-refractivity contribution in [3.8, 4) is 5.75 Å². The summed E-state index contributed by atoms with van der Waals surface area (Å²) in [5.74, 6) is -0.421. The van der Waals surface area contributed by atoms with Crippen molar-refractivity contribution >= 4 is 12.0 Å². The van der Waals surface area contributed by atoms with Crippen molar-refractivity contribution in [3.63, 3.8) is 0 Å². The molecule has 0 saturated heterocycles. The fourth-order valence-corrected chi connectivity index (χ4v) is 1.16. The van der Waals surface area contributed by atoms with Crippen LogP contribution < -0.4 is 4.74 Å². The number of carbonyl (C=O) groups is 1. The molecule has 4 heteroatoms. The first-order valence-electron chi connectivity index (χ1n) is 4.35. The average Bonchev–Trinajstić information content (AvgIpc) is 2.25. The maximum absolute atomic E-state index is 10.3. The topological polar surface area (TPSA) is 66.8 Å². The summed E-state index contributed by atoms with van der Waals surface area (Å²) in [6.45, 7) is -0.106. The Labute approximate surface area is 87.4 Å². The Morgan fingerprint density at radius 2 is 2.20 bits per heavy atom. The highest BCUT2D eigenvalue weighted by Gasteiger charge is 1.99. The molecule has 2 N–H and O–H groups in total. The Balaban J connectivity index is 3.01. The van der Waals surface area contributed by atoms with Crippen molar-refractivity contribution in [2.24, 2.45) is 0 Å². The minimum absolute atomic E-state index is 0.106. The van der Waals surface area contributed by atoms with Crippen LogP contribution in [0.2, 0.25) is 0 Å². The van der Waals surface area contributed by atoms with Crippen molar-refractivity contribution in [3.05, 3.63) is 35.4 Å². The summed E-state index contributed by atoms with van der Waals surface area (Å²) in [6.07, 6.45) is 2.49. The van der Waals surface area contributed by atoms with Crippen molar-refractivity contribution < 1.29 is 19.7 Å². The minimum Gasteiger partial charge on any atom is -0.497 e. The smallest absolute Gasteiger partial charge is 0.328 e. The molecule has 1 rings (SSSR count).